The smallest absolute Gasteiger partial charge is 0.308 e. The zero-order valence-electron chi connectivity index (χ0n) is 10.7. The maximum Gasteiger partial charge on any atom is 0.308 e. The highest BCUT2D eigenvalue weighted by atomic mass is 16.5. The molecule has 0 amide bonds. The maximum atomic E-state index is 11.1. The fraction of sp³-hybridized carbons (Fsp3) is 0.538. The molecule has 1 aromatic rings. The lowest BCUT2D eigenvalue weighted by atomic mass is 9.99. The van der Waals surface area contributed by atoms with E-state index < -0.39 is 5.97 Å². The molecular formula is C13H18N2O3. The molecule has 0 spiro atoms. The Hall–Kier alpha value is -1.62. The van der Waals surface area contributed by atoms with Crippen molar-refractivity contribution < 1.29 is 14.6 Å². The van der Waals surface area contributed by atoms with Crippen molar-refractivity contribution in [3.8, 4) is 5.88 Å². The second-order valence-corrected chi connectivity index (χ2v) is 4.79. The van der Waals surface area contributed by atoms with Gasteiger partial charge in [0.25, 0.3) is 0 Å². The largest absolute Gasteiger partial charge is 0.481 e. The van der Waals surface area contributed by atoms with Crippen LogP contribution in [0.15, 0.2) is 18.3 Å². The Morgan fingerprint density at radius 1 is 1.61 bits per heavy atom. The summed E-state index contributed by atoms with van der Waals surface area (Å²) in [5.41, 5.74) is 0.998. The third kappa shape index (κ3) is 2.61. The summed E-state index contributed by atoms with van der Waals surface area (Å²) in [5.74, 6) is -0.176. The van der Waals surface area contributed by atoms with Crippen molar-refractivity contribution in [1.82, 2.24) is 9.88 Å². The second kappa shape index (κ2) is 5.35. The number of carbonyl (C=O) groups is 1. The molecule has 1 saturated heterocycles. The Balaban J connectivity index is 2.05. The van der Waals surface area contributed by atoms with E-state index in [1.54, 1.807) is 13.3 Å². The highest BCUT2D eigenvalue weighted by Gasteiger charge is 2.34. The minimum Gasteiger partial charge on any atom is -0.481 e. The molecule has 0 radical (unpaired) electrons. The lowest BCUT2D eigenvalue weighted by Gasteiger charge is -2.16. The molecule has 0 bridgehead atoms. The molecule has 2 rings (SSSR count). The molecule has 5 heteroatoms. The molecule has 0 saturated carbocycles. The van der Waals surface area contributed by atoms with E-state index in [0.717, 1.165) is 12.1 Å². The predicted octanol–water partition coefficient (Wildman–Crippen LogP) is 1.24. The van der Waals surface area contributed by atoms with Crippen molar-refractivity contribution >= 4 is 5.97 Å². The summed E-state index contributed by atoms with van der Waals surface area (Å²) < 4.78 is 5.20. The number of likely N-dealkylation sites (tertiary alicyclic amines) is 1. The number of aliphatic carboxylic acids is 1. The molecule has 1 fully saturated rings. The third-order valence-corrected chi connectivity index (χ3v) is 3.44. The standard InChI is InChI=1S/C13H18N2O3/c1-9-6-15(8-11(9)13(16)17)7-10-4-3-5-14-12(10)18-2/h3-5,9,11H,6-8H2,1-2H3,(H,16,17). The average Bonchev–Trinajstić information content (AvgIpc) is 2.71. The third-order valence-electron chi connectivity index (χ3n) is 3.44. The Kier molecular flexibility index (Phi) is 3.81. The van der Waals surface area contributed by atoms with E-state index in [1.165, 1.54) is 0 Å². The quantitative estimate of drug-likeness (QED) is 0.871. The number of aromatic nitrogens is 1. The zero-order chi connectivity index (χ0) is 13.1. The summed E-state index contributed by atoms with van der Waals surface area (Å²) in [7, 11) is 1.60. The highest BCUT2D eigenvalue weighted by molar-refractivity contribution is 5.71. The molecule has 2 unspecified atom stereocenters. The monoisotopic (exact) mass is 250 g/mol. The van der Waals surface area contributed by atoms with Crippen LogP contribution in [-0.2, 0) is 11.3 Å². The van der Waals surface area contributed by atoms with Gasteiger partial charge in [-0.3, -0.25) is 9.69 Å². The van der Waals surface area contributed by atoms with Crippen LogP contribution in [0.1, 0.15) is 12.5 Å². The second-order valence-electron chi connectivity index (χ2n) is 4.79. The van der Waals surface area contributed by atoms with Gasteiger partial charge in [-0.15, -0.1) is 0 Å². The first-order valence-electron chi connectivity index (χ1n) is 6.05. The van der Waals surface area contributed by atoms with Crippen molar-refractivity contribution in [3.05, 3.63) is 23.9 Å². The van der Waals surface area contributed by atoms with E-state index in [-0.39, 0.29) is 11.8 Å². The number of rotatable bonds is 4. The summed E-state index contributed by atoms with van der Waals surface area (Å²) >= 11 is 0. The normalized spacial score (nSPS) is 24.1. The predicted molar refractivity (Wildman–Crippen MR) is 66.4 cm³/mol. The van der Waals surface area contributed by atoms with Gasteiger partial charge in [-0.1, -0.05) is 13.0 Å². The molecule has 2 atom stereocenters. The number of methoxy groups -OCH3 is 1. The fourth-order valence-corrected chi connectivity index (χ4v) is 2.49. The lowest BCUT2D eigenvalue weighted by molar-refractivity contribution is -0.142. The van der Waals surface area contributed by atoms with E-state index in [4.69, 9.17) is 9.84 Å². The lowest BCUT2D eigenvalue weighted by Crippen LogP contribution is -2.23. The summed E-state index contributed by atoms with van der Waals surface area (Å²) in [4.78, 5) is 17.4. The van der Waals surface area contributed by atoms with Gasteiger partial charge in [-0.05, 0) is 12.0 Å². The van der Waals surface area contributed by atoms with Crippen molar-refractivity contribution in [2.24, 2.45) is 11.8 Å². The number of nitrogens with zero attached hydrogens (tertiary/aromatic N) is 2. The number of ether oxygens (including phenoxy) is 1. The molecule has 0 aromatic carbocycles. The van der Waals surface area contributed by atoms with E-state index in [1.807, 2.05) is 19.1 Å². The minimum absolute atomic E-state index is 0.185. The molecular weight excluding hydrogens is 232 g/mol. The molecule has 5 nitrogen and oxygen atoms in total. The van der Waals surface area contributed by atoms with Crippen LogP contribution in [0.2, 0.25) is 0 Å². The SMILES string of the molecule is COc1ncccc1CN1CC(C)C(C(=O)O)C1. The van der Waals surface area contributed by atoms with Gasteiger partial charge >= 0.3 is 5.97 Å². The van der Waals surface area contributed by atoms with E-state index in [9.17, 15) is 4.79 Å². The molecule has 1 N–H and O–H groups in total. The van der Waals surface area contributed by atoms with Gasteiger partial charge < -0.3 is 9.84 Å². The van der Waals surface area contributed by atoms with Crippen LogP contribution in [0.3, 0.4) is 0 Å². The molecule has 98 valence electrons. The van der Waals surface area contributed by atoms with Crippen molar-refractivity contribution in [3.63, 3.8) is 0 Å². The van der Waals surface area contributed by atoms with Gasteiger partial charge in [0.15, 0.2) is 0 Å². The number of pyridine rings is 1. The van der Waals surface area contributed by atoms with Crippen molar-refractivity contribution in [2.45, 2.75) is 13.5 Å². The molecule has 0 aliphatic carbocycles. The van der Waals surface area contributed by atoms with Crippen LogP contribution in [0.5, 0.6) is 5.88 Å². The van der Waals surface area contributed by atoms with Crippen LogP contribution in [0.4, 0.5) is 0 Å². The summed E-state index contributed by atoms with van der Waals surface area (Å²) in [5, 5.41) is 9.10. The van der Waals surface area contributed by atoms with Crippen LogP contribution in [0, 0.1) is 11.8 Å². The van der Waals surface area contributed by atoms with Gasteiger partial charge in [0, 0.05) is 31.4 Å². The van der Waals surface area contributed by atoms with Crippen LogP contribution >= 0.6 is 0 Å². The fourth-order valence-electron chi connectivity index (χ4n) is 2.49. The van der Waals surface area contributed by atoms with Crippen LogP contribution in [0.25, 0.3) is 0 Å². The first-order chi connectivity index (χ1) is 8.61. The summed E-state index contributed by atoms with van der Waals surface area (Å²) in [6.45, 7) is 4.06. The highest BCUT2D eigenvalue weighted by Crippen LogP contribution is 2.26. The van der Waals surface area contributed by atoms with Crippen LogP contribution < -0.4 is 4.74 Å². The average molecular weight is 250 g/mol. The summed E-state index contributed by atoms with van der Waals surface area (Å²) in [6.07, 6.45) is 1.69. The van der Waals surface area contributed by atoms with E-state index in [0.29, 0.717) is 19.0 Å². The molecule has 1 aromatic heterocycles. The Morgan fingerprint density at radius 3 is 3.00 bits per heavy atom. The number of carboxylic acid groups (broad SMARTS) is 1. The van der Waals surface area contributed by atoms with Crippen molar-refractivity contribution in [1.29, 1.82) is 0 Å². The van der Waals surface area contributed by atoms with Gasteiger partial charge in [-0.2, -0.15) is 0 Å². The van der Waals surface area contributed by atoms with Crippen molar-refractivity contribution in [2.75, 3.05) is 20.2 Å². The zero-order valence-corrected chi connectivity index (χ0v) is 10.7. The number of hydrogen-bond acceptors (Lipinski definition) is 4. The van der Waals surface area contributed by atoms with E-state index >= 15 is 0 Å². The number of carboxylic acids is 1. The van der Waals surface area contributed by atoms with Gasteiger partial charge in [0.1, 0.15) is 0 Å². The van der Waals surface area contributed by atoms with Gasteiger partial charge in [-0.25, -0.2) is 4.98 Å². The Morgan fingerprint density at radius 2 is 2.39 bits per heavy atom. The number of hydrogen-bond donors (Lipinski definition) is 1. The minimum atomic E-state index is -0.705. The Bertz CT molecular complexity index is 436. The maximum absolute atomic E-state index is 11.1. The van der Waals surface area contributed by atoms with Gasteiger partial charge in [0.2, 0.25) is 5.88 Å². The molecule has 1 aliphatic heterocycles. The molecule has 18 heavy (non-hydrogen) atoms. The summed E-state index contributed by atoms with van der Waals surface area (Å²) in [6, 6.07) is 3.83. The molecule has 2 heterocycles. The van der Waals surface area contributed by atoms with Gasteiger partial charge in [0.05, 0.1) is 13.0 Å². The first-order valence-corrected chi connectivity index (χ1v) is 6.05. The Labute approximate surface area is 106 Å². The first kappa shape index (κ1) is 12.8. The topological polar surface area (TPSA) is 62.7 Å². The molecule has 1 aliphatic rings. The van der Waals surface area contributed by atoms with Crippen LogP contribution in [-0.4, -0.2) is 41.2 Å². The van der Waals surface area contributed by atoms with E-state index in [2.05, 4.69) is 9.88 Å².